The van der Waals surface area contributed by atoms with Crippen LogP contribution < -0.4 is 5.32 Å². The second-order valence-electron chi connectivity index (χ2n) is 9.39. The van der Waals surface area contributed by atoms with Gasteiger partial charge in [0.1, 0.15) is 11.9 Å². The summed E-state index contributed by atoms with van der Waals surface area (Å²) in [6.45, 7) is 9.53. The Balaban J connectivity index is 1.96. The van der Waals surface area contributed by atoms with Crippen molar-refractivity contribution in [1.82, 2.24) is 4.98 Å². The Morgan fingerprint density at radius 3 is 2.42 bits per heavy atom. The average molecular weight is 437 g/mol. The van der Waals surface area contributed by atoms with E-state index in [9.17, 15) is 4.79 Å². The Morgan fingerprint density at radius 1 is 1.16 bits per heavy atom. The topological polar surface area (TPSA) is 51.2 Å². The van der Waals surface area contributed by atoms with Crippen LogP contribution in [0.15, 0.2) is 42.5 Å². The molecule has 4 nitrogen and oxygen atoms in total. The molecule has 1 N–H and O–H groups in total. The largest absolute Gasteiger partial charge is 0.367 e. The number of aryl methyl sites for hydroxylation is 1. The number of nitrogens with one attached hydrogen (secondary N) is 1. The number of rotatable bonds is 6. The summed E-state index contributed by atoms with van der Waals surface area (Å²) in [4.78, 5) is 17.6. The number of hydrogen-bond acceptors (Lipinski definition) is 4. The van der Waals surface area contributed by atoms with Gasteiger partial charge in [0.25, 0.3) is 0 Å². The fourth-order valence-corrected chi connectivity index (χ4v) is 4.03. The van der Waals surface area contributed by atoms with E-state index < -0.39 is 11.7 Å². The van der Waals surface area contributed by atoms with Crippen molar-refractivity contribution in [1.29, 1.82) is 0 Å². The highest BCUT2D eigenvalue weighted by atomic mass is 35.5. The number of ether oxygens (including phenoxy) is 1. The number of nitrogens with zero attached hydrogens (tertiary/aromatic N) is 1. The van der Waals surface area contributed by atoms with Gasteiger partial charge in [-0.2, -0.15) is 0 Å². The molecule has 0 radical (unpaired) electrons. The molecule has 0 aliphatic heterocycles. The van der Waals surface area contributed by atoms with Gasteiger partial charge in [0.2, 0.25) is 0 Å². The van der Waals surface area contributed by atoms with Gasteiger partial charge in [0.05, 0.1) is 11.1 Å². The average Bonchev–Trinajstić information content (AvgIpc) is 3.49. The number of benzene rings is 2. The number of carbonyl (C=O) groups excluding carboxylic acids is 1. The number of anilines is 1. The molecule has 1 aliphatic rings. The minimum absolute atomic E-state index is 0.0208. The maximum absolute atomic E-state index is 12.8. The fraction of sp³-hybridized carbons (Fsp3) is 0.385. The van der Waals surface area contributed by atoms with Crippen molar-refractivity contribution in [2.45, 2.75) is 65.2 Å². The highest BCUT2D eigenvalue weighted by molar-refractivity contribution is 6.30. The molecule has 3 aromatic rings. The fourth-order valence-electron chi connectivity index (χ4n) is 3.90. The summed E-state index contributed by atoms with van der Waals surface area (Å²) in [6, 6.07) is 14.4. The van der Waals surface area contributed by atoms with Gasteiger partial charge in [-0.3, -0.25) is 4.79 Å². The third-order valence-corrected chi connectivity index (χ3v) is 5.66. The first-order valence-electron chi connectivity index (χ1n) is 10.8. The number of carbonyl (C=O) groups is 1. The van der Waals surface area contributed by atoms with Gasteiger partial charge in [-0.25, -0.2) is 4.98 Å². The number of pyridine rings is 1. The minimum atomic E-state index is -0.667. The van der Waals surface area contributed by atoms with Crippen molar-refractivity contribution < 1.29 is 9.53 Å². The van der Waals surface area contributed by atoms with Crippen LogP contribution in [0.25, 0.3) is 22.0 Å². The van der Waals surface area contributed by atoms with Crippen LogP contribution in [0, 0.1) is 6.92 Å². The lowest BCUT2D eigenvalue weighted by Crippen LogP contribution is -2.27. The van der Waals surface area contributed by atoms with Crippen LogP contribution in [-0.2, 0) is 9.53 Å². The maximum atomic E-state index is 12.8. The molecular weight excluding hydrogens is 408 g/mol. The van der Waals surface area contributed by atoms with E-state index in [0.29, 0.717) is 11.1 Å². The van der Waals surface area contributed by atoms with Crippen molar-refractivity contribution in [3.8, 4) is 11.1 Å². The molecule has 31 heavy (non-hydrogen) atoms. The van der Waals surface area contributed by atoms with E-state index in [2.05, 4.69) is 17.4 Å². The molecule has 2 aromatic carbocycles. The highest BCUT2D eigenvalue weighted by Gasteiger charge is 2.30. The summed E-state index contributed by atoms with van der Waals surface area (Å²) in [5.74, 6) is 0.867. The normalized spacial score (nSPS) is 15.2. The van der Waals surface area contributed by atoms with E-state index in [0.717, 1.165) is 39.0 Å². The van der Waals surface area contributed by atoms with Crippen molar-refractivity contribution in [2.24, 2.45) is 0 Å². The van der Waals surface area contributed by atoms with Crippen LogP contribution >= 0.6 is 11.6 Å². The molecule has 162 valence electrons. The standard InChI is InChI=1S/C26H29ClN2O2/c1-15-14-21-20(12-13-22(29-21)28-19-10-11-19)24(17-6-8-18(27)9-7-17)23(15)25(16(2)30)31-26(3,4)5/h6-9,12-14,19,25H,10-11H2,1-5H3,(H,28,29)/t25-/m1/s1. The zero-order valence-electron chi connectivity index (χ0n) is 18.8. The van der Waals surface area contributed by atoms with Gasteiger partial charge < -0.3 is 10.1 Å². The van der Waals surface area contributed by atoms with Crippen molar-refractivity contribution >= 4 is 34.1 Å². The van der Waals surface area contributed by atoms with Crippen LogP contribution in [-0.4, -0.2) is 22.4 Å². The molecule has 1 aromatic heterocycles. The van der Waals surface area contributed by atoms with Gasteiger partial charge >= 0.3 is 0 Å². The van der Waals surface area contributed by atoms with Gasteiger partial charge in [0.15, 0.2) is 5.78 Å². The van der Waals surface area contributed by atoms with E-state index >= 15 is 0 Å². The number of ketones is 1. The van der Waals surface area contributed by atoms with E-state index in [-0.39, 0.29) is 5.78 Å². The Labute approximate surface area is 189 Å². The zero-order valence-corrected chi connectivity index (χ0v) is 19.5. The lowest BCUT2D eigenvalue weighted by Gasteiger charge is -2.29. The monoisotopic (exact) mass is 436 g/mol. The molecule has 1 aliphatic carbocycles. The zero-order chi connectivity index (χ0) is 22.3. The van der Waals surface area contributed by atoms with Crippen LogP contribution in [0.5, 0.6) is 0 Å². The van der Waals surface area contributed by atoms with E-state index in [1.165, 1.54) is 12.8 Å². The molecule has 4 rings (SSSR count). The Kier molecular flexibility index (Phi) is 5.80. The van der Waals surface area contributed by atoms with Gasteiger partial charge in [-0.15, -0.1) is 0 Å². The molecule has 1 atom stereocenters. The molecular formula is C26H29ClN2O2. The molecule has 1 fully saturated rings. The lowest BCUT2D eigenvalue weighted by molar-refractivity contribution is -0.138. The highest BCUT2D eigenvalue weighted by Crippen LogP contribution is 2.41. The number of aromatic nitrogens is 1. The third kappa shape index (κ3) is 4.91. The quantitative estimate of drug-likeness (QED) is 0.457. The Hall–Kier alpha value is -2.43. The van der Waals surface area contributed by atoms with Crippen LogP contribution in [0.3, 0.4) is 0 Å². The first-order valence-corrected chi connectivity index (χ1v) is 11.2. The molecule has 5 heteroatoms. The van der Waals surface area contributed by atoms with Gasteiger partial charge in [0, 0.05) is 16.5 Å². The third-order valence-electron chi connectivity index (χ3n) is 5.41. The van der Waals surface area contributed by atoms with Gasteiger partial charge in [-0.05, 0) is 100 Å². The number of halogens is 1. The summed E-state index contributed by atoms with van der Waals surface area (Å²) < 4.78 is 6.28. The molecule has 0 amide bonds. The van der Waals surface area contributed by atoms with Crippen LogP contribution in [0.4, 0.5) is 5.82 Å². The predicted octanol–water partition coefficient (Wildman–Crippen LogP) is 6.88. The summed E-state index contributed by atoms with van der Waals surface area (Å²) in [5.41, 5.74) is 4.27. The number of Topliss-reactive ketones (excluding diaryl/α,β-unsaturated/α-hetero) is 1. The molecule has 1 saturated carbocycles. The second-order valence-corrected chi connectivity index (χ2v) is 9.83. The van der Waals surface area contributed by atoms with E-state index in [1.807, 2.05) is 58.0 Å². The Bertz CT molecular complexity index is 1130. The first-order chi connectivity index (χ1) is 14.6. The summed E-state index contributed by atoms with van der Waals surface area (Å²) in [6.07, 6.45) is 1.72. The van der Waals surface area contributed by atoms with Crippen LogP contribution in [0.1, 0.15) is 57.8 Å². The second kappa shape index (κ2) is 8.25. The van der Waals surface area contributed by atoms with Crippen molar-refractivity contribution in [3.63, 3.8) is 0 Å². The summed E-state index contributed by atoms with van der Waals surface area (Å²) >= 11 is 6.16. The number of fused-ring (bicyclic) bond motifs is 1. The first kappa shape index (κ1) is 21.8. The lowest BCUT2D eigenvalue weighted by atomic mass is 9.87. The number of hydrogen-bond donors (Lipinski definition) is 1. The predicted molar refractivity (Wildman–Crippen MR) is 128 cm³/mol. The molecule has 0 spiro atoms. The SMILES string of the molecule is CC(=O)[C@@H](OC(C)(C)C)c1c(C)cc2nc(NC3CC3)ccc2c1-c1ccc(Cl)cc1. The van der Waals surface area contributed by atoms with E-state index in [4.69, 9.17) is 21.3 Å². The summed E-state index contributed by atoms with van der Waals surface area (Å²) in [7, 11) is 0. The van der Waals surface area contributed by atoms with Gasteiger partial charge in [-0.1, -0.05) is 23.7 Å². The smallest absolute Gasteiger partial charge is 0.163 e. The van der Waals surface area contributed by atoms with Crippen LogP contribution in [0.2, 0.25) is 5.02 Å². The molecule has 0 bridgehead atoms. The molecule has 0 saturated heterocycles. The van der Waals surface area contributed by atoms with E-state index in [1.54, 1.807) is 6.92 Å². The molecule has 1 heterocycles. The summed E-state index contributed by atoms with van der Waals surface area (Å²) in [5, 5.41) is 5.14. The minimum Gasteiger partial charge on any atom is -0.367 e. The molecule has 0 unspecified atom stereocenters. The maximum Gasteiger partial charge on any atom is 0.163 e. The van der Waals surface area contributed by atoms with Crippen molar-refractivity contribution in [3.05, 3.63) is 58.6 Å². The van der Waals surface area contributed by atoms with Crippen molar-refractivity contribution in [2.75, 3.05) is 5.32 Å². The Morgan fingerprint density at radius 2 is 1.84 bits per heavy atom.